The van der Waals surface area contributed by atoms with Gasteiger partial charge in [-0.05, 0) is 25.0 Å². The molecule has 0 radical (unpaired) electrons. The van der Waals surface area contributed by atoms with E-state index in [0.29, 0.717) is 32.0 Å². The van der Waals surface area contributed by atoms with E-state index in [0.717, 1.165) is 12.2 Å². The molecule has 1 atom stereocenters. The van der Waals surface area contributed by atoms with E-state index in [-0.39, 0.29) is 12.7 Å². The second kappa shape index (κ2) is 9.50. The summed E-state index contributed by atoms with van der Waals surface area (Å²) in [6.45, 7) is 2.48. The fraction of sp³-hybridized carbons (Fsp3) is 0.588. The Morgan fingerprint density at radius 2 is 2.12 bits per heavy atom. The molecule has 0 amide bonds. The van der Waals surface area contributed by atoms with Crippen molar-refractivity contribution in [3.8, 4) is 5.75 Å². The second-order valence-corrected chi connectivity index (χ2v) is 5.72. The van der Waals surface area contributed by atoms with E-state index in [1.54, 1.807) is 0 Å². The van der Waals surface area contributed by atoms with Gasteiger partial charge in [0, 0.05) is 26.1 Å². The molecule has 0 spiro atoms. The number of hydrogen-bond acceptors (Lipinski definition) is 3. The van der Waals surface area contributed by atoms with Crippen LogP contribution in [0.15, 0.2) is 29.3 Å². The minimum absolute atomic E-state index is 0.00275. The van der Waals surface area contributed by atoms with Crippen LogP contribution < -0.4 is 15.4 Å². The summed E-state index contributed by atoms with van der Waals surface area (Å²) in [4.78, 5) is 4.48. The molecule has 1 heterocycles. The third-order valence-corrected chi connectivity index (χ3v) is 3.53. The number of aliphatic imine (C=N–C) groups is 1. The van der Waals surface area contributed by atoms with E-state index >= 15 is 0 Å². The molecule has 1 aromatic carbocycles. The minimum Gasteiger partial charge on any atom is -0.488 e. The van der Waals surface area contributed by atoms with Crippen LogP contribution in [0.25, 0.3) is 0 Å². The van der Waals surface area contributed by atoms with E-state index in [1.807, 2.05) is 31.2 Å². The summed E-state index contributed by atoms with van der Waals surface area (Å²) < 4.78 is 46.3. The van der Waals surface area contributed by atoms with Gasteiger partial charge >= 0.3 is 6.18 Å². The lowest BCUT2D eigenvalue weighted by atomic mass is 10.1. The van der Waals surface area contributed by atoms with Crippen LogP contribution in [0.4, 0.5) is 13.2 Å². The van der Waals surface area contributed by atoms with Crippen LogP contribution in [0.5, 0.6) is 5.75 Å². The van der Waals surface area contributed by atoms with Crippen molar-refractivity contribution in [1.82, 2.24) is 10.6 Å². The van der Waals surface area contributed by atoms with Crippen LogP contribution in [0.2, 0.25) is 0 Å². The number of halogens is 3. The lowest BCUT2D eigenvalue weighted by molar-refractivity contribution is -0.173. The van der Waals surface area contributed by atoms with Gasteiger partial charge < -0.3 is 20.1 Å². The number of ether oxygens (including phenoxy) is 2. The third kappa shape index (κ3) is 7.21. The molecule has 25 heavy (non-hydrogen) atoms. The fourth-order valence-corrected chi connectivity index (χ4v) is 2.46. The van der Waals surface area contributed by atoms with E-state index in [1.165, 1.54) is 5.56 Å². The highest BCUT2D eigenvalue weighted by molar-refractivity contribution is 5.79. The predicted octanol–water partition coefficient (Wildman–Crippen LogP) is 2.51. The highest BCUT2D eigenvalue weighted by Crippen LogP contribution is 2.28. The molecule has 2 N–H and O–H groups in total. The quantitative estimate of drug-likeness (QED) is 0.425. The molecule has 0 saturated heterocycles. The van der Waals surface area contributed by atoms with Gasteiger partial charge in [0.1, 0.15) is 18.5 Å². The molecule has 1 unspecified atom stereocenters. The Morgan fingerprint density at radius 1 is 1.32 bits per heavy atom. The number of hydrogen-bond donors (Lipinski definition) is 2. The van der Waals surface area contributed by atoms with Crippen molar-refractivity contribution in [3.63, 3.8) is 0 Å². The Bertz CT molecular complexity index is 539. The number of nitrogens with one attached hydrogen (secondary N) is 2. The summed E-state index contributed by atoms with van der Waals surface area (Å²) in [6.07, 6.45) is -2.98. The van der Waals surface area contributed by atoms with Crippen molar-refractivity contribution in [2.24, 2.45) is 4.99 Å². The zero-order valence-electron chi connectivity index (χ0n) is 14.2. The lowest BCUT2D eigenvalue weighted by Gasteiger charge is -2.13. The Labute approximate surface area is 145 Å². The van der Waals surface area contributed by atoms with Crippen molar-refractivity contribution >= 4 is 5.96 Å². The molecule has 1 aliphatic heterocycles. The summed E-state index contributed by atoms with van der Waals surface area (Å²) in [5.74, 6) is 1.53. The molecule has 5 nitrogen and oxygen atoms in total. The van der Waals surface area contributed by atoms with Crippen LogP contribution in [-0.4, -0.2) is 51.1 Å². The van der Waals surface area contributed by atoms with Crippen LogP contribution in [0, 0.1) is 0 Å². The maximum Gasteiger partial charge on any atom is 0.411 e. The van der Waals surface area contributed by atoms with Crippen LogP contribution in [-0.2, 0) is 11.2 Å². The average molecular weight is 359 g/mol. The van der Waals surface area contributed by atoms with E-state index in [9.17, 15) is 13.2 Å². The number of alkyl halides is 3. The number of fused-ring (bicyclic) bond motifs is 1. The summed E-state index contributed by atoms with van der Waals surface area (Å²) in [7, 11) is 0. The number of guanidine groups is 1. The van der Waals surface area contributed by atoms with Crippen LogP contribution in [0.1, 0.15) is 18.9 Å². The molecule has 0 aromatic heterocycles. The topological polar surface area (TPSA) is 54.9 Å². The Morgan fingerprint density at radius 3 is 2.84 bits per heavy atom. The van der Waals surface area contributed by atoms with Gasteiger partial charge in [0.05, 0.1) is 6.54 Å². The third-order valence-electron chi connectivity index (χ3n) is 3.53. The molecule has 0 aliphatic carbocycles. The average Bonchev–Trinajstić information content (AvgIpc) is 2.97. The van der Waals surface area contributed by atoms with Gasteiger partial charge in [-0.25, -0.2) is 4.99 Å². The van der Waals surface area contributed by atoms with E-state index in [4.69, 9.17) is 4.74 Å². The molecule has 2 rings (SSSR count). The highest BCUT2D eigenvalue weighted by Gasteiger charge is 2.27. The second-order valence-electron chi connectivity index (χ2n) is 5.72. The van der Waals surface area contributed by atoms with Gasteiger partial charge in [-0.2, -0.15) is 13.2 Å². The van der Waals surface area contributed by atoms with Gasteiger partial charge in [-0.1, -0.05) is 18.2 Å². The zero-order chi connectivity index (χ0) is 18.1. The first-order valence-corrected chi connectivity index (χ1v) is 8.39. The standard InChI is InChI=1S/C17H24F3N3O2/c1-2-21-16(22-8-5-9-24-12-17(18,19)20)23-11-14-10-13-6-3-4-7-15(13)25-14/h3-4,6-7,14H,2,5,8-12H2,1H3,(H2,21,22,23). The monoisotopic (exact) mass is 359 g/mol. The minimum atomic E-state index is -4.28. The van der Waals surface area contributed by atoms with Crippen molar-refractivity contribution in [1.29, 1.82) is 0 Å². The maximum absolute atomic E-state index is 12.0. The summed E-state index contributed by atoms with van der Waals surface area (Å²) in [5.41, 5.74) is 1.18. The molecule has 1 aliphatic rings. The van der Waals surface area contributed by atoms with Crippen molar-refractivity contribution in [3.05, 3.63) is 29.8 Å². The summed E-state index contributed by atoms with van der Waals surface area (Å²) in [6, 6.07) is 7.92. The molecular formula is C17H24F3N3O2. The predicted molar refractivity (Wildman–Crippen MR) is 90.0 cm³/mol. The first kappa shape index (κ1) is 19.4. The molecule has 0 bridgehead atoms. The van der Waals surface area contributed by atoms with Crippen molar-refractivity contribution in [2.45, 2.75) is 32.0 Å². The number of para-hydroxylation sites is 1. The normalized spacial score (nSPS) is 17.1. The van der Waals surface area contributed by atoms with Gasteiger partial charge in [0.25, 0.3) is 0 Å². The molecule has 1 aromatic rings. The molecular weight excluding hydrogens is 335 g/mol. The van der Waals surface area contributed by atoms with Crippen LogP contribution in [0.3, 0.4) is 0 Å². The first-order chi connectivity index (χ1) is 12.0. The van der Waals surface area contributed by atoms with E-state index in [2.05, 4.69) is 20.4 Å². The summed E-state index contributed by atoms with van der Waals surface area (Å²) >= 11 is 0. The zero-order valence-corrected chi connectivity index (χ0v) is 14.2. The Balaban J connectivity index is 1.68. The van der Waals surface area contributed by atoms with Gasteiger partial charge in [-0.15, -0.1) is 0 Å². The van der Waals surface area contributed by atoms with Crippen molar-refractivity contribution in [2.75, 3.05) is 32.8 Å². The summed E-state index contributed by atoms with van der Waals surface area (Å²) in [5, 5.41) is 6.19. The largest absolute Gasteiger partial charge is 0.488 e. The Hall–Kier alpha value is -1.96. The molecule has 8 heteroatoms. The fourth-order valence-electron chi connectivity index (χ4n) is 2.46. The SMILES string of the molecule is CCNC(=NCC1Cc2ccccc2O1)NCCCOCC(F)(F)F. The van der Waals surface area contributed by atoms with Gasteiger partial charge in [-0.3, -0.25) is 0 Å². The number of benzene rings is 1. The number of nitrogens with zero attached hydrogens (tertiary/aromatic N) is 1. The lowest BCUT2D eigenvalue weighted by Crippen LogP contribution is -2.39. The Kier molecular flexibility index (Phi) is 7.36. The maximum atomic E-state index is 12.0. The highest BCUT2D eigenvalue weighted by atomic mass is 19.4. The van der Waals surface area contributed by atoms with E-state index < -0.39 is 12.8 Å². The first-order valence-electron chi connectivity index (χ1n) is 8.39. The molecule has 0 fully saturated rings. The smallest absolute Gasteiger partial charge is 0.411 e. The number of rotatable bonds is 8. The van der Waals surface area contributed by atoms with Gasteiger partial charge in [0.15, 0.2) is 5.96 Å². The van der Waals surface area contributed by atoms with Crippen LogP contribution >= 0.6 is 0 Å². The van der Waals surface area contributed by atoms with Crippen molar-refractivity contribution < 1.29 is 22.6 Å². The molecule has 140 valence electrons. The molecule has 0 saturated carbocycles. The van der Waals surface area contributed by atoms with Gasteiger partial charge in [0.2, 0.25) is 0 Å².